The highest BCUT2D eigenvalue weighted by molar-refractivity contribution is 6.07. The van der Waals surface area contributed by atoms with Crippen LogP contribution < -0.4 is 10.5 Å². The molecule has 6 nitrogen and oxygen atoms in total. The molecule has 0 radical (unpaired) electrons. The molecule has 31 heavy (non-hydrogen) atoms. The van der Waals surface area contributed by atoms with Gasteiger partial charge in [-0.15, -0.1) is 0 Å². The van der Waals surface area contributed by atoms with E-state index in [1.807, 2.05) is 54.6 Å². The largest absolute Gasteiger partial charge is 0.487 e. The molecular formula is C25H20N2O4. The third kappa shape index (κ3) is 4.09. The molecule has 1 aromatic heterocycles. The van der Waals surface area contributed by atoms with Crippen LogP contribution in [-0.2, 0) is 11.3 Å². The lowest BCUT2D eigenvalue weighted by molar-refractivity contribution is 0.0598. The van der Waals surface area contributed by atoms with Crippen LogP contribution in [0.25, 0.3) is 22.0 Å². The molecule has 0 atom stereocenters. The molecule has 1 amide bonds. The molecule has 0 spiro atoms. The molecule has 1 heterocycles. The van der Waals surface area contributed by atoms with Crippen LogP contribution in [0.5, 0.6) is 5.75 Å². The summed E-state index contributed by atoms with van der Waals surface area (Å²) in [5, 5.41) is 0.851. The molecule has 0 aliphatic heterocycles. The quantitative estimate of drug-likeness (QED) is 0.475. The minimum absolute atomic E-state index is 0.0466. The molecule has 4 rings (SSSR count). The number of primary amides is 1. The molecule has 3 aromatic carbocycles. The summed E-state index contributed by atoms with van der Waals surface area (Å²) in [7, 11) is 1.35. The van der Waals surface area contributed by atoms with Crippen molar-refractivity contribution in [2.45, 2.75) is 6.61 Å². The number of rotatable bonds is 6. The van der Waals surface area contributed by atoms with E-state index in [1.54, 1.807) is 24.3 Å². The van der Waals surface area contributed by atoms with Crippen LogP contribution >= 0.6 is 0 Å². The van der Waals surface area contributed by atoms with E-state index in [9.17, 15) is 9.59 Å². The van der Waals surface area contributed by atoms with Crippen molar-refractivity contribution in [2.24, 2.45) is 5.73 Å². The topological polar surface area (TPSA) is 91.5 Å². The lowest BCUT2D eigenvalue weighted by atomic mass is 9.94. The Labute approximate surface area is 179 Å². The SMILES string of the molecule is COC(=O)c1c(COc2ccc(C(N)=O)cc2)nc2ccccc2c1-c1ccccc1. The number of carbonyl (C=O) groups excluding carboxylic acids is 2. The van der Waals surface area contributed by atoms with Crippen molar-refractivity contribution in [2.75, 3.05) is 7.11 Å². The van der Waals surface area contributed by atoms with E-state index in [2.05, 4.69) is 0 Å². The number of hydrogen-bond donors (Lipinski definition) is 1. The Morgan fingerprint density at radius 1 is 0.903 bits per heavy atom. The van der Waals surface area contributed by atoms with Crippen LogP contribution in [0, 0.1) is 0 Å². The van der Waals surface area contributed by atoms with E-state index in [-0.39, 0.29) is 6.61 Å². The van der Waals surface area contributed by atoms with Crippen molar-refractivity contribution >= 4 is 22.8 Å². The summed E-state index contributed by atoms with van der Waals surface area (Å²) in [4.78, 5) is 28.8. The van der Waals surface area contributed by atoms with Gasteiger partial charge >= 0.3 is 5.97 Å². The normalized spacial score (nSPS) is 10.6. The van der Waals surface area contributed by atoms with Gasteiger partial charge in [-0.25, -0.2) is 9.78 Å². The Bertz CT molecular complexity index is 1250. The molecule has 0 saturated carbocycles. The standard InChI is InChI=1S/C25H20N2O4/c1-30-25(29)23-21(15-31-18-13-11-17(12-14-18)24(26)28)27-20-10-6-5-9-19(20)22(23)16-7-3-2-4-8-16/h2-14H,15H2,1H3,(H2,26,28). The van der Waals surface area contributed by atoms with E-state index in [0.29, 0.717) is 22.6 Å². The van der Waals surface area contributed by atoms with E-state index < -0.39 is 11.9 Å². The number of amides is 1. The first-order valence-electron chi connectivity index (χ1n) is 9.66. The molecule has 0 bridgehead atoms. The zero-order valence-electron chi connectivity index (χ0n) is 16.9. The number of methoxy groups -OCH3 is 1. The van der Waals surface area contributed by atoms with Crippen LogP contribution in [-0.4, -0.2) is 24.0 Å². The highest BCUT2D eigenvalue weighted by Gasteiger charge is 2.23. The van der Waals surface area contributed by atoms with Crippen molar-refractivity contribution in [3.8, 4) is 16.9 Å². The first kappa shape index (κ1) is 20.1. The van der Waals surface area contributed by atoms with Crippen molar-refractivity contribution in [3.05, 3.63) is 95.7 Å². The van der Waals surface area contributed by atoms with Gasteiger partial charge < -0.3 is 15.2 Å². The number of para-hydroxylation sites is 1. The third-order valence-electron chi connectivity index (χ3n) is 4.93. The summed E-state index contributed by atoms with van der Waals surface area (Å²) in [6.07, 6.45) is 0. The number of nitrogens with two attached hydrogens (primary N) is 1. The number of nitrogens with zero attached hydrogens (tertiary/aromatic N) is 1. The number of ether oxygens (including phenoxy) is 2. The van der Waals surface area contributed by atoms with Crippen LogP contribution in [0.2, 0.25) is 0 Å². The summed E-state index contributed by atoms with van der Waals surface area (Å²) >= 11 is 0. The van der Waals surface area contributed by atoms with Crippen LogP contribution in [0.4, 0.5) is 0 Å². The monoisotopic (exact) mass is 412 g/mol. The van der Waals surface area contributed by atoms with Crippen LogP contribution in [0.3, 0.4) is 0 Å². The molecule has 0 fully saturated rings. The number of pyridine rings is 1. The second-order valence-electron chi connectivity index (χ2n) is 6.86. The maximum atomic E-state index is 12.8. The van der Waals surface area contributed by atoms with Gasteiger partial charge in [-0.1, -0.05) is 48.5 Å². The summed E-state index contributed by atoms with van der Waals surface area (Å²) in [6.45, 7) is 0.0466. The Morgan fingerprint density at radius 3 is 2.26 bits per heavy atom. The average Bonchev–Trinajstić information content (AvgIpc) is 2.82. The van der Waals surface area contributed by atoms with Gasteiger partial charge in [0.05, 0.1) is 23.9 Å². The molecule has 6 heteroatoms. The third-order valence-corrected chi connectivity index (χ3v) is 4.93. The summed E-state index contributed by atoms with van der Waals surface area (Å²) in [5.41, 5.74) is 8.87. The predicted octanol–water partition coefficient (Wildman–Crippen LogP) is 4.37. The second kappa shape index (κ2) is 8.67. The van der Waals surface area contributed by atoms with E-state index >= 15 is 0 Å². The fraction of sp³-hybridized carbons (Fsp3) is 0.0800. The van der Waals surface area contributed by atoms with Crippen molar-refractivity contribution in [1.82, 2.24) is 4.98 Å². The van der Waals surface area contributed by atoms with Gasteiger partial charge in [0.2, 0.25) is 5.91 Å². The first-order valence-corrected chi connectivity index (χ1v) is 9.66. The van der Waals surface area contributed by atoms with Gasteiger partial charge in [0, 0.05) is 16.5 Å². The number of aromatic nitrogens is 1. The fourth-order valence-electron chi connectivity index (χ4n) is 3.46. The van der Waals surface area contributed by atoms with E-state index in [1.165, 1.54) is 7.11 Å². The lowest BCUT2D eigenvalue weighted by Gasteiger charge is -2.16. The van der Waals surface area contributed by atoms with Gasteiger partial charge in [0.1, 0.15) is 12.4 Å². The second-order valence-corrected chi connectivity index (χ2v) is 6.86. The molecule has 0 unspecified atom stereocenters. The average molecular weight is 412 g/mol. The predicted molar refractivity (Wildman–Crippen MR) is 118 cm³/mol. The highest BCUT2D eigenvalue weighted by atomic mass is 16.5. The lowest BCUT2D eigenvalue weighted by Crippen LogP contribution is -2.13. The van der Waals surface area contributed by atoms with Crippen molar-refractivity contribution < 1.29 is 19.1 Å². The van der Waals surface area contributed by atoms with Crippen molar-refractivity contribution in [1.29, 1.82) is 0 Å². The van der Waals surface area contributed by atoms with Gasteiger partial charge in [-0.3, -0.25) is 4.79 Å². The number of esters is 1. The molecule has 0 aliphatic rings. The highest BCUT2D eigenvalue weighted by Crippen LogP contribution is 2.34. The first-order chi connectivity index (χ1) is 15.1. The van der Waals surface area contributed by atoms with Gasteiger partial charge in [-0.2, -0.15) is 0 Å². The minimum Gasteiger partial charge on any atom is -0.487 e. The number of carbonyl (C=O) groups is 2. The van der Waals surface area contributed by atoms with E-state index in [0.717, 1.165) is 22.0 Å². The molecular weight excluding hydrogens is 392 g/mol. The van der Waals surface area contributed by atoms with Crippen LogP contribution in [0.15, 0.2) is 78.9 Å². The minimum atomic E-state index is -0.511. The number of fused-ring (bicyclic) bond motifs is 1. The van der Waals surface area contributed by atoms with Gasteiger partial charge in [0.25, 0.3) is 0 Å². The zero-order valence-corrected chi connectivity index (χ0v) is 16.9. The fourth-order valence-corrected chi connectivity index (χ4v) is 3.46. The van der Waals surface area contributed by atoms with E-state index in [4.69, 9.17) is 20.2 Å². The number of benzene rings is 3. The number of hydrogen-bond acceptors (Lipinski definition) is 5. The summed E-state index contributed by atoms with van der Waals surface area (Å²) < 4.78 is 11.0. The molecule has 4 aromatic rings. The van der Waals surface area contributed by atoms with Gasteiger partial charge in [0.15, 0.2) is 0 Å². The summed E-state index contributed by atoms with van der Waals surface area (Å²) in [5.74, 6) is -0.472. The molecule has 0 saturated heterocycles. The Morgan fingerprint density at radius 2 is 1.58 bits per heavy atom. The zero-order chi connectivity index (χ0) is 21.8. The summed E-state index contributed by atoms with van der Waals surface area (Å²) in [6, 6.07) is 23.8. The smallest absolute Gasteiger partial charge is 0.340 e. The molecule has 2 N–H and O–H groups in total. The molecule has 0 aliphatic carbocycles. The van der Waals surface area contributed by atoms with Gasteiger partial charge in [-0.05, 0) is 35.9 Å². The Balaban J connectivity index is 1.82. The Kier molecular flexibility index (Phi) is 5.62. The van der Waals surface area contributed by atoms with Crippen molar-refractivity contribution in [3.63, 3.8) is 0 Å². The van der Waals surface area contributed by atoms with Crippen LogP contribution in [0.1, 0.15) is 26.4 Å². The Hall–Kier alpha value is -4.19. The molecule has 154 valence electrons. The maximum absolute atomic E-state index is 12.8. The maximum Gasteiger partial charge on any atom is 0.340 e.